The van der Waals surface area contributed by atoms with E-state index in [4.69, 9.17) is 16.3 Å². The first-order valence-corrected chi connectivity index (χ1v) is 15.4. The van der Waals surface area contributed by atoms with Gasteiger partial charge in [-0.05, 0) is 61.7 Å². The molecule has 0 aliphatic carbocycles. The van der Waals surface area contributed by atoms with Crippen LogP contribution in [0.2, 0.25) is 5.02 Å². The molecule has 1 aliphatic heterocycles. The second-order valence-corrected chi connectivity index (χ2v) is 11.7. The Morgan fingerprint density at radius 2 is 1.91 bits per heavy atom. The van der Waals surface area contributed by atoms with Gasteiger partial charge < -0.3 is 31.1 Å². The molecule has 1 saturated heterocycles. The Kier molecular flexibility index (Phi) is 10.8. The molecule has 2 aromatic carbocycles. The molecule has 46 heavy (non-hydrogen) atoms. The highest BCUT2D eigenvalue weighted by Crippen LogP contribution is 2.40. The lowest BCUT2D eigenvalue weighted by atomic mass is 9.97. The number of hydrogen-bond acceptors (Lipinski definition) is 8. The average Bonchev–Trinajstić information content (AvgIpc) is 3.45. The number of methoxy groups -OCH3 is 1. The summed E-state index contributed by atoms with van der Waals surface area (Å²) in [6, 6.07) is 12.0. The lowest BCUT2D eigenvalue weighted by Gasteiger charge is -2.17. The van der Waals surface area contributed by atoms with Crippen molar-refractivity contribution in [1.82, 2.24) is 25.9 Å². The zero-order chi connectivity index (χ0) is 32.8. The fraction of sp³-hybridized carbons (Fsp3) is 0.324. The van der Waals surface area contributed by atoms with Crippen LogP contribution in [0, 0.1) is 18.6 Å². The molecule has 0 unspecified atom stereocenters. The van der Waals surface area contributed by atoms with Gasteiger partial charge in [-0.15, -0.1) is 0 Å². The molecule has 0 saturated carbocycles. The third-order valence-corrected chi connectivity index (χ3v) is 8.30. The molecule has 4 aromatic rings. The first kappa shape index (κ1) is 33.2. The molecule has 12 heteroatoms. The van der Waals surface area contributed by atoms with Gasteiger partial charge in [0.05, 0.1) is 23.9 Å². The topological polar surface area (TPSA) is 120 Å². The number of aliphatic hydroxyl groups excluding tert-OH is 1. The van der Waals surface area contributed by atoms with Crippen LogP contribution in [0.5, 0.6) is 5.75 Å². The number of aliphatic hydroxyl groups is 1. The van der Waals surface area contributed by atoms with Crippen molar-refractivity contribution < 1.29 is 23.4 Å². The van der Waals surface area contributed by atoms with Gasteiger partial charge in [-0.1, -0.05) is 23.7 Å². The van der Waals surface area contributed by atoms with Crippen molar-refractivity contribution in [2.24, 2.45) is 0 Å². The summed E-state index contributed by atoms with van der Waals surface area (Å²) in [6.07, 6.45) is 3.83. The molecule has 3 heterocycles. The van der Waals surface area contributed by atoms with E-state index in [-0.39, 0.29) is 30.9 Å². The Balaban J connectivity index is 1.38. The Morgan fingerprint density at radius 1 is 1.11 bits per heavy atom. The number of benzene rings is 2. The normalized spacial score (nSPS) is 15.1. The van der Waals surface area contributed by atoms with E-state index in [0.717, 1.165) is 17.5 Å². The van der Waals surface area contributed by atoms with Crippen LogP contribution in [-0.2, 0) is 17.9 Å². The van der Waals surface area contributed by atoms with Crippen molar-refractivity contribution in [1.29, 1.82) is 0 Å². The minimum atomic E-state index is -0.546. The summed E-state index contributed by atoms with van der Waals surface area (Å²) in [4.78, 5) is 20.1. The van der Waals surface area contributed by atoms with E-state index in [9.17, 15) is 9.90 Å². The first-order valence-electron chi connectivity index (χ1n) is 15.1. The summed E-state index contributed by atoms with van der Waals surface area (Å²) in [5, 5.41) is 22.0. The molecule has 1 aliphatic rings. The van der Waals surface area contributed by atoms with Gasteiger partial charge in [0, 0.05) is 79.0 Å². The van der Waals surface area contributed by atoms with Crippen molar-refractivity contribution in [2.75, 3.05) is 25.5 Å². The summed E-state index contributed by atoms with van der Waals surface area (Å²) in [5.74, 6) is -0.515. The number of carbonyl (C=O) groups excluding carboxylic acids is 1. The van der Waals surface area contributed by atoms with Crippen molar-refractivity contribution in [2.45, 2.75) is 51.9 Å². The van der Waals surface area contributed by atoms with Gasteiger partial charge in [0.25, 0.3) is 0 Å². The molecule has 2 atom stereocenters. The first-order chi connectivity index (χ1) is 22.2. The van der Waals surface area contributed by atoms with Gasteiger partial charge in [-0.25, -0.2) is 13.8 Å². The Morgan fingerprint density at radius 3 is 2.65 bits per heavy atom. The van der Waals surface area contributed by atoms with E-state index < -0.39 is 17.7 Å². The molecule has 0 spiro atoms. The molecule has 5 rings (SSSR count). The molecule has 0 radical (unpaired) electrons. The number of pyridine rings is 2. The molecular weight excluding hydrogens is 614 g/mol. The van der Waals surface area contributed by atoms with Crippen molar-refractivity contribution in [3.63, 3.8) is 0 Å². The maximum absolute atomic E-state index is 15.5. The Bertz CT molecular complexity index is 1720. The van der Waals surface area contributed by atoms with E-state index >= 15 is 8.78 Å². The number of anilines is 2. The standard InChI is InChI=1S/C34H37ClF2N6O3/c1-19(44)15-38-16-21-9-11-41-34(32(21)37)43-28-6-4-5-24(20(28)2)25-10-12-40-33(31(25)35)22-13-27(36)26(29(14-22)46-3)18-39-17-23-7-8-30(45)42-23/h4-6,9-14,19,23,38-39,44H,7-8,15-18H2,1-3H3,(H,41,43)(H,42,45)/t19-,23+/m1/s1. The molecule has 242 valence electrons. The Labute approximate surface area is 271 Å². The minimum absolute atomic E-state index is 0.0212. The number of hydrogen-bond donors (Lipinski definition) is 5. The molecule has 5 N–H and O–H groups in total. The van der Waals surface area contributed by atoms with E-state index in [0.29, 0.717) is 63.9 Å². The number of ether oxygens (including phenoxy) is 1. The van der Waals surface area contributed by atoms with Crippen molar-refractivity contribution in [3.05, 3.63) is 88.2 Å². The number of aromatic nitrogens is 2. The predicted molar refractivity (Wildman–Crippen MR) is 175 cm³/mol. The number of halogens is 3. The van der Waals surface area contributed by atoms with Crippen LogP contribution in [-0.4, -0.2) is 53.3 Å². The van der Waals surface area contributed by atoms with Crippen molar-refractivity contribution in [3.8, 4) is 28.1 Å². The maximum Gasteiger partial charge on any atom is 0.220 e. The lowest BCUT2D eigenvalue weighted by molar-refractivity contribution is -0.119. The second-order valence-electron chi connectivity index (χ2n) is 11.3. The number of rotatable bonds is 13. The van der Waals surface area contributed by atoms with Crippen LogP contribution >= 0.6 is 11.6 Å². The summed E-state index contributed by atoms with van der Waals surface area (Å²) in [7, 11) is 1.48. The summed E-state index contributed by atoms with van der Waals surface area (Å²) < 4.78 is 36.3. The van der Waals surface area contributed by atoms with Crippen LogP contribution in [0.1, 0.15) is 36.5 Å². The van der Waals surface area contributed by atoms with Crippen LogP contribution in [0.25, 0.3) is 22.4 Å². The number of carbonyl (C=O) groups is 1. The van der Waals surface area contributed by atoms with E-state index in [1.54, 1.807) is 31.3 Å². The lowest BCUT2D eigenvalue weighted by Crippen LogP contribution is -2.35. The van der Waals surface area contributed by atoms with Crippen LogP contribution in [0.4, 0.5) is 20.3 Å². The minimum Gasteiger partial charge on any atom is -0.496 e. The monoisotopic (exact) mass is 650 g/mol. The zero-order valence-electron chi connectivity index (χ0n) is 25.9. The fourth-order valence-electron chi connectivity index (χ4n) is 5.47. The van der Waals surface area contributed by atoms with Crippen LogP contribution in [0.3, 0.4) is 0 Å². The highest BCUT2D eigenvalue weighted by Gasteiger charge is 2.22. The fourth-order valence-corrected chi connectivity index (χ4v) is 5.79. The molecular formula is C34H37ClF2N6O3. The number of amides is 1. The largest absolute Gasteiger partial charge is 0.496 e. The number of nitrogens with zero attached hydrogens (tertiary/aromatic N) is 2. The zero-order valence-corrected chi connectivity index (χ0v) is 26.6. The SMILES string of the molecule is COc1cc(-c2nccc(-c3cccc(Nc4nccc(CNC[C@@H](C)O)c4F)c3C)c2Cl)cc(F)c1CNC[C@@H]1CCC(=O)N1. The van der Waals surface area contributed by atoms with Gasteiger partial charge >= 0.3 is 0 Å². The molecule has 0 bridgehead atoms. The molecule has 1 fully saturated rings. The van der Waals surface area contributed by atoms with Crippen LogP contribution in [0.15, 0.2) is 54.9 Å². The van der Waals surface area contributed by atoms with Gasteiger partial charge in [-0.2, -0.15) is 0 Å². The average molecular weight is 651 g/mol. The summed E-state index contributed by atoms with van der Waals surface area (Å²) in [6.45, 7) is 4.87. The summed E-state index contributed by atoms with van der Waals surface area (Å²) in [5.41, 5.74) is 4.49. The Hall–Kier alpha value is -4.16. The number of nitrogens with one attached hydrogen (secondary N) is 4. The second kappa shape index (κ2) is 15.0. The molecule has 9 nitrogen and oxygen atoms in total. The van der Waals surface area contributed by atoms with E-state index in [2.05, 4.69) is 31.2 Å². The third kappa shape index (κ3) is 7.61. The molecule has 1 amide bonds. The predicted octanol–water partition coefficient (Wildman–Crippen LogP) is 5.64. The van der Waals surface area contributed by atoms with Gasteiger partial charge in [-0.3, -0.25) is 9.78 Å². The quantitative estimate of drug-likeness (QED) is 0.126. The van der Waals surface area contributed by atoms with Gasteiger partial charge in [0.15, 0.2) is 11.6 Å². The smallest absolute Gasteiger partial charge is 0.220 e. The third-order valence-electron chi connectivity index (χ3n) is 7.92. The van der Waals surface area contributed by atoms with Crippen molar-refractivity contribution >= 4 is 29.0 Å². The van der Waals surface area contributed by atoms with E-state index in [1.165, 1.54) is 19.4 Å². The van der Waals surface area contributed by atoms with Crippen LogP contribution < -0.4 is 26.0 Å². The van der Waals surface area contributed by atoms with Gasteiger partial charge in [0.2, 0.25) is 5.91 Å². The highest BCUT2D eigenvalue weighted by atomic mass is 35.5. The summed E-state index contributed by atoms with van der Waals surface area (Å²) >= 11 is 6.94. The van der Waals surface area contributed by atoms with E-state index in [1.807, 2.05) is 25.1 Å². The van der Waals surface area contributed by atoms with Gasteiger partial charge in [0.1, 0.15) is 11.6 Å². The highest BCUT2D eigenvalue weighted by molar-refractivity contribution is 6.35. The molecule has 2 aromatic heterocycles. The maximum atomic E-state index is 15.5.